The van der Waals surface area contributed by atoms with Gasteiger partial charge in [-0.1, -0.05) is 6.08 Å². The first-order valence-corrected chi connectivity index (χ1v) is 5.39. The molecule has 1 atom stereocenters. The maximum absolute atomic E-state index is 13.0. The zero-order valence-corrected chi connectivity index (χ0v) is 8.52. The molecule has 0 saturated carbocycles. The Balaban J connectivity index is 2.39. The third-order valence-electron chi connectivity index (χ3n) is 2.81. The molecule has 14 heavy (non-hydrogen) atoms. The van der Waals surface area contributed by atoms with Gasteiger partial charge in [-0.2, -0.15) is 0 Å². The SMILES string of the molecule is NCCCC1CC/C=C\C(F)(F)CC1. The smallest absolute Gasteiger partial charge is 0.266 e. The Morgan fingerprint density at radius 1 is 1.36 bits per heavy atom. The minimum Gasteiger partial charge on any atom is -0.330 e. The van der Waals surface area contributed by atoms with Gasteiger partial charge in [-0.25, -0.2) is 8.78 Å². The van der Waals surface area contributed by atoms with Gasteiger partial charge in [0.15, 0.2) is 0 Å². The summed E-state index contributed by atoms with van der Waals surface area (Å²) in [6.45, 7) is 0.669. The van der Waals surface area contributed by atoms with E-state index in [1.165, 1.54) is 0 Å². The van der Waals surface area contributed by atoms with Crippen molar-refractivity contribution in [2.24, 2.45) is 11.7 Å². The Labute approximate surface area is 84.4 Å². The van der Waals surface area contributed by atoms with Gasteiger partial charge in [0.25, 0.3) is 5.92 Å². The molecule has 2 N–H and O–H groups in total. The van der Waals surface area contributed by atoms with Crippen molar-refractivity contribution in [2.45, 2.75) is 44.4 Å². The monoisotopic (exact) mass is 203 g/mol. The summed E-state index contributed by atoms with van der Waals surface area (Å²) < 4.78 is 26.1. The van der Waals surface area contributed by atoms with E-state index in [0.717, 1.165) is 31.8 Å². The average Bonchev–Trinajstić information content (AvgIpc) is 2.12. The van der Waals surface area contributed by atoms with Crippen LogP contribution in [0, 0.1) is 5.92 Å². The van der Waals surface area contributed by atoms with Gasteiger partial charge in [0.2, 0.25) is 0 Å². The van der Waals surface area contributed by atoms with E-state index in [9.17, 15) is 8.78 Å². The molecule has 1 rings (SSSR count). The van der Waals surface area contributed by atoms with Gasteiger partial charge >= 0.3 is 0 Å². The lowest BCUT2D eigenvalue weighted by Gasteiger charge is -2.21. The van der Waals surface area contributed by atoms with Crippen molar-refractivity contribution < 1.29 is 8.78 Å². The maximum atomic E-state index is 13.0. The van der Waals surface area contributed by atoms with Gasteiger partial charge in [-0.05, 0) is 50.6 Å². The molecule has 0 amide bonds. The van der Waals surface area contributed by atoms with Crippen molar-refractivity contribution >= 4 is 0 Å². The van der Waals surface area contributed by atoms with Crippen LogP contribution in [-0.4, -0.2) is 12.5 Å². The van der Waals surface area contributed by atoms with Crippen LogP contribution in [0.15, 0.2) is 12.2 Å². The van der Waals surface area contributed by atoms with Gasteiger partial charge in [-0.15, -0.1) is 0 Å². The molecule has 0 aromatic rings. The zero-order valence-electron chi connectivity index (χ0n) is 8.52. The van der Waals surface area contributed by atoms with Crippen molar-refractivity contribution in [1.82, 2.24) is 0 Å². The molecular weight excluding hydrogens is 184 g/mol. The number of alkyl halides is 2. The number of halogens is 2. The van der Waals surface area contributed by atoms with Crippen molar-refractivity contribution in [3.63, 3.8) is 0 Å². The van der Waals surface area contributed by atoms with E-state index in [-0.39, 0.29) is 6.42 Å². The molecule has 0 aromatic heterocycles. The third kappa shape index (κ3) is 4.18. The van der Waals surface area contributed by atoms with E-state index in [0.29, 0.717) is 18.9 Å². The summed E-state index contributed by atoms with van der Waals surface area (Å²) in [6.07, 6.45) is 7.09. The van der Waals surface area contributed by atoms with E-state index in [1.807, 2.05) is 0 Å². The topological polar surface area (TPSA) is 26.0 Å². The molecule has 1 nitrogen and oxygen atoms in total. The van der Waals surface area contributed by atoms with Crippen LogP contribution in [0.5, 0.6) is 0 Å². The molecule has 1 unspecified atom stereocenters. The van der Waals surface area contributed by atoms with E-state index in [4.69, 9.17) is 5.73 Å². The lowest BCUT2D eigenvalue weighted by atomic mass is 9.89. The second-order valence-electron chi connectivity index (χ2n) is 4.08. The lowest BCUT2D eigenvalue weighted by Crippen LogP contribution is -2.17. The quantitative estimate of drug-likeness (QED) is 0.701. The van der Waals surface area contributed by atoms with Crippen molar-refractivity contribution in [2.75, 3.05) is 6.54 Å². The van der Waals surface area contributed by atoms with E-state index in [1.54, 1.807) is 6.08 Å². The van der Waals surface area contributed by atoms with Gasteiger partial charge in [0, 0.05) is 6.42 Å². The van der Waals surface area contributed by atoms with Crippen molar-refractivity contribution in [1.29, 1.82) is 0 Å². The normalized spacial score (nSPS) is 29.2. The van der Waals surface area contributed by atoms with Crippen LogP contribution in [0.1, 0.15) is 38.5 Å². The molecule has 82 valence electrons. The highest BCUT2D eigenvalue weighted by molar-refractivity contribution is 4.96. The number of nitrogens with two attached hydrogens (primary N) is 1. The first-order valence-electron chi connectivity index (χ1n) is 5.39. The molecule has 0 aliphatic heterocycles. The Morgan fingerprint density at radius 2 is 2.14 bits per heavy atom. The summed E-state index contributed by atoms with van der Waals surface area (Å²) in [4.78, 5) is 0. The molecule has 0 heterocycles. The molecule has 0 bridgehead atoms. The van der Waals surface area contributed by atoms with Gasteiger partial charge in [-0.3, -0.25) is 0 Å². The Bertz CT molecular complexity index is 190. The molecular formula is C11H19F2N. The van der Waals surface area contributed by atoms with Crippen molar-refractivity contribution in [3.05, 3.63) is 12.2 Å². The second-order valence-corrected chi connectivity index (χ2v) is 4.08. The predicted octanol–water partition coefficient (Wildman–Crippen LogP) is 3.11. The van der Waals surface area contributed by atoms with Gasteiger partial charge in [0.05, 0.1) is 0 Å². The number of allylic oxidation sites excluding steroid dienone is 2. The third-order valence-corrected chi connectivity index (χ3v) is 2.81. The van der Waals surface area contributed by atoms with E-state index >= 15 is 0 Å². The molecule has 0 fully saturated rings. The largest absolute Gasteiger partial charge is 0.330 e. The fourth-order valence-corrected chi connectivity index (χ4v) is 1.91. The highest BCUT2D eigenvalue weighted by Gasteiger charge is 2.27. The Morgan fingerprint density at radius 3 is 2.86 bits per heavy atom. The van der Waals surface area contributed by atoms with Crippen LogP contribution < -0.4 is 5.73 Å². The van der Waals surface area contributed by atoms with Crippen LogP contribution in [0.2, 0.25) is 0 Å². The first-order chi connectivity index (χ1) is 6.64. The minimum atomic E-state index is -2.58. The van der Waals surface area contributed by atoms with Crippen LogP contribution in [-0.2, 0) is 0 Å². The van der Waals surface area contributed by atoms with Crippen LogP contribution in [0.25, 0.3) is 0 Å². The van der Waals surface area contributed by atoms with E-state index in [2.05, 4.69) is 0 Å². The second kappa shape index (κ2) is 5.44. The van der Waals surface area contributed by atoms with Crippen LogP contribution in [0.4, 0.5) is 8.78 Å². The molecule has 0 aromatic carbocycles. The van der Waals surface area contributed by atoms with Gasteiger partial charge in [0.1, 0.15) is 0 Å². The first kappa shape index (κ1) is 11.6. The fraction of sp³-hybridized carbons (Fsp3) is 0.818. The number of hydrogen-bond acceptors (Lipinski definition) is 1. The number of hydrogen-bond donors (Lipinski definition) is 1. The van der Waals surface area contributed by atoms with Crippen LogP contribution in [0.3, 0.4) is 0 Å². The molecule has 0 saturated heterocycles. The highest BCUT2D eigenvalue weighted by Crippen LogP contribution is 2.30. The standard InChI is InChI=1S/C11H19F2N/c12-11(13)7-2-1-4-10(6-8-11)5-3-9-14/h2,7,10H,1,3-6,8-9,14H2/b7-2-. The predicted molar refractivity (Wildman–Crippen MR) is 54.3 cm³/mol. The van der Waals surface area contributed by atoms with Crippen LogP contribution >= 0.6 is 0 Å². The van der Waals surface area contributed by atoms with E-state index < -0.39 is 5.92 Å². The summed E-state index contributed by atoms with van der Waals surface area (Å²) >= 11 is 0. The highest BCUT2D eigenvalue weighted by atomic mass is 19.3. The average molecular weight is 203 g/mol. The molecule has 0 spiro atoms. The molecule has 0 radical (unpaired) electrons. The minimum absolute atomic E-state index is 0.00125. The molecule has 3 heteroatoms. The maximum Gasteiger partial charge on any atom is 0.266 e. The summed E-state index contributed by atoms with van der Waals surface area (Å²) in [5, 5.41) is 0. The summed E-state index contributed by atoms with van der Waals surface area (Å²) in [5.74, 6) is -2.14. The fourth-order valence-electron chi connectivity index (χ4n) is 1.91. The van der Waals surface area contributed by atoms with Gasteiger partial charge < -0.3 is 5.73 Å². The Hall–Kier alpha value is -0.440. The van der Waals surface area contributed by atoms with Crippen molar-refractivity contribution in [3.8, 4) is 0 Å². The molecule has 1 aliphatic carbocycles. The zero-order chi connectivity index (χ0) is 10.4. The molecule has 1 aliphatic rings. The number of rotatable bonds is 3. The Kier molecular flexibility index (Phi) is 4.52. The summed E-state index contributed by atoms with van der Waals surface area (Å²) in [6, 6.07) is 0. The summed E-state index contributed by atoms with van der Waals surface area (Å²) in [7, 11) is 0. The summed E-state index contributed by atoms with van der Waals surface area (Å²) in [5.41, 5.74) is 5.41. The lowest BCUT2D eigenvalue weighted by molar-refractivity contribution is 0.0354.